The van der Waals surface area contributed by atoms with E-state index in [9.17, 15) is 5.11 Å². The summed E-state index contributed by atoms with van der Waals surface area (Å²) in [5, 5.41) is 9.63. The van der Waals surface area contributed by atoms with Gasteiger partial charge in [-0.3, -0.25) is 0 Å². The lowest BCUT2D eigenvalue weighted by molar-refractivity contribution is 0.465. The van der Waals surface area contributed by atoms with Crippen molar-refractivity contribution in [1.82, 2.24) is 0 Å². The van der Waals surface area contributed by atoms with Crippen LogP contribution in [-0.2, 0) is 5.41 Å². The lowest BCUT2D eigenvalue weighted by Gasteiger charge is -2.22. The molecule has 0 aromatic heterocycles. The second-order valence-corrected chi connectivity index (χ2v) is 4.39. The van der Waals surface area contributed by atoms with Crippen molar-refractivity contribution in [3.63, 3.8) is 0 Å². The van der Waals surface area contributed by atoms with E-state index in [2.05, 4.69) is 13.0 Å². The Kier molecular flexibility index (Phi) is 2.04. The minimum absolute atomic E-state index is 0.142. The van der Waals surface area contributed by atoms with Crippen molar-refractivity contribution in [2.45, 2.75) is 38.1 Å². The minimum Gasteiger partial charge on any atom is -0.508 e. The van der Waals surface area contributed by atoms with Crippen LogP contribution in [0.4, 0.5) is 0 Å². The van der Waals surface area contributed by atoms with Crippen molar-refractivity contribution in [3.05, 3.63) is 29.3 Å². The molecule has 2 rings (SSSR count). The van der Waals surface area contributed by atoms with Crippen molar-refractivity contribution in [1.29, 1.82) is 0 Å². The molecule has 14 heavy (non-hydrogen) atoms. The van der Waals surface area contributed by atoms with Gasteiger partial charge in [0.25, 0.3) is 0 Å². The third-order valence-corrected chi connectivity index (χ3v) is 3.50. The molecule has 1 aromatic rings. The van der Waals surface area contributed by atoms with Crippen LogP contribution in [0.3, 0.4) is 0 Å². The summed E-state index contributed by atoms with van der Waals surface area (Å²) < 4.78 is 0. The van der Waals surface area contributed by atoms with Gasteiger partial charge in [-0.25, -0.2) is 0 Å². The Bertz CT molecular complexity index is 353. The Balaban J connectivity index is 2.47. The van der Waals surface area contributed by atoms with Crippen molar-refractivity contribution in [2.75, 3.05) is 0 Å². The van der Waals surface area contributed by atoms with Gasteiger partial charge < -0.3 is 10.8 Å². The topological polar surface area (TPSA) is 46.2 Å². The molecule has 1 saturated carbocycles. The smallest absolute Gasteiger partial charge is 0.118 e. The summed E-state index contributed by atoms with van der Waals surface area (Å²) in [4.78, 5) is 0. The van der Waals surface area contributed by atoms with Crippen LogP contribution < -0.4 is 5.73 Å². The highest BCUT2D eigenvalue weighted by Crippen LogP contribution is 2.52. The Hall–Kier alpha value is -1.02. The van der Waals surface area contributed by atoms with Crippen LogP contribution in [0.15, 0.2) is 18.2 Å². The Morgan fingerprint density at radius 1 is 1.43 bits per heavy atom. The number of hydrogen-bond acceptors (Lipinski definition) is 2. The number of phenolic OH excluding ortho intramolecular Hbond substituents is 1. The van der Waals surface area contributed by atoms with E-state index in [4.69, 9.17) is 5.73 Å². The van der Waals surface area contributed by atoms with Gasteiger partial charge in [0.05, 0.1) is 0 Å². The van der Waals surface area contributed by atoms with Crippen LogP contribution in [0, 0.1) is 6.92 Å². The van der Waals surface area contributed by atoms with E-state index in [1.165, 1.54) is 5.56 Å². The molecule has 1 atom stereocenters. The van der Waals surface area contributed by atoms with Gasteiger partial charge in [0, 0.05) is 11.5 Å². The molecule has 2 nitrogen and oxygen atoms in total. The first-order chi connectivity index (χ1) is 6.58. The van der Waals surface area contributed by atoms with Gasteiger partial charge in [0.2, 0.25) is 0 Å². The molecule has 0 bridgehead atoms. The van der Waals surface area contributed by atoms with Crippen molar-refractivity contribution in [2.24, 2.45) is 5.73 Å². The summed E-state index contributed by atoms with van der Waals surface area (Å²) in [5.74, 6) is 0.384. The number of phenols is 1. The fraction of sp³-hybridized carbons (Fsp3) is 0.500. The molecule has 1 unspecified atom stereocenters. The molecule has 76 valence electrons. The molecular weight excluding hydrogens is 174 g/mol. The summed E-state index contributed by atoms with van der Waals surface area (Å²) in [6.07, 6.45) is 2.30. The van der Waals surface area contributed by atoms with E-state index < -0.39 is 0 Å². The molecule has 1 aliphatic rings. The maximum absolute atomic E-state index is 9.63. The second-order valence-electron chi connectivity index (χ2n) is 4.39. The Labute approximate surface area is 84.7 Å². The first kappa shape index (κ1) is 9.53. The fourth-order valence-electron chi connectivity index (χ4n) is 2.27. The molecule has 1 aliphatic carbocycles. The number of hydrogen-bond donors (Lipinski definition) is 2. The molecule has 0 spiro atoms. The fourth-order valence-corrected chi connectivity index (χ4v) is 2.27. The molecule has 0 saturated heterocycles. The van der Waals surface area contributed by atoms with Gasteiger partial charge in [-0.05, 0) is 43.9 Å². The molecule has 3 N–H and O–H groups in total. The van der Waals surface area contributed by atoms with Crippen molar-refractivity contribution >= 4 is 0 Å². The Morgan fingerprint density at radius 3 is 2.57 bits per heavy atom. The summed E-state index contributed by atoms with van der Waals surface area (Å²) >= 11 is 0. The highest BCUT2D eigenvalue weighted by atomic mass is 16.3. The quantitative estimate of drug-likeness (QED) is 0.751. The highest BCUT2D eigenvalue weighted by Gasteiger charge is 2.48. The maximum Gasteiger partial charge on any atom is 0.118 e. The van der Waals surface area contributed by atoms with Gasteiger partial charge in [-0.1, -0.05) is 12.1 Å². The molecule has 1 aromatic carbocycles. The Morgan fingerprint density at radius 2 is 2.07 bits per heavy atom. The molecule has 0 radical (unpaired) electrons. The SMILES string of the molecule is Cc1c(O)cccc1C1(C(C)N)CC1. The molecule has 1 fully saturated rings. The predicted octanol–water partition coefficient (Wildman–Crippen LogP) is 2.08. The predicted molar refractivity (Wildman–Crippen MR) is 57.4 cm³/mol. The zero-order valence-corrected chi connectivity index (χ0v) is 8.75. The zero-order chi connectivity index (χ0) is 10.3. The van der Waals surface area contributed by atoms with E-state index in [1.807, 2.05) is 13.0 Å². The van der Waals surface area contributed by atoms with Crippen LogP contribution in [0.5, 0.6) is 5.75 Å². The summed E-state index contributed by atoms with van der Waals surface area (Å²) in [7, 11) is 0. The highest BCUT2D eigenvalue weighted by molar-refractivity contribution is 5.46. The van der Waals surface area contributed by atoms with Crippen LogP contribution in [0.2, 0.25) is 0 Å². The first-order valence-corrected chi connectivity index (χ1v) is 5.12. The van der Waals surface area contributed by atoms with Gasteiger partial charge in [-0.2, -0.15) is 0 Å². The van der Waals surface area contributed by atoms with E-state index in [-0.39, 0.29) is 11.5 Å². The lowest BCUT2D eigenvalue weighted by Crippen LogP contribution is -2.32. The van der Waals surface area contributed by atoms with E-state index in [1.54, 1.807) is 6.07 Å². The maximum atomic E-state index is 9.63. The number of aromatic hydroxyl groups is 1. The van der Waals surface area contributed by atoms with Crippen LogP contribution in [0.25, 0.3) is 0 Å². The number of benzene rings is 1. The number of nitrogens with two attached hydrogens (primary N) is 1. The second kappa shape index (κ2) is 2.99. The average Bonchev–Trinajstić information content (AvgIpc) is 2.90. The third kappa shape index (κ3) is 1.22. The van der Waals surface area contributed by atoms with Crippen LogP contribution in [-0.4, -0.2) is 11.1 Å². The molecule has 0 aliphatic heterocycles. The minimum atomic E-state index is 0.142. The summed E-state index contributed by atoms with van der Waals surface area (Å²) in [6, 6.07) is 5.89. The van der Waals surface area contributed by atoms with E-state index >= 15 is 0 Å². The van der Waals surface area contributed by atoms with Gasteiger partial charge in [0.15, 0.2) is 0 Å². The zero-order valence-electron chi connectivity index (χ0n) is 8.75. The summed E-state index contributed by atoms with van der Waals surface area (Å²) in [5.41, 5.74) is 8.36. The third-order valence-electron chi connectivity index (χ3n) is 3.50. The van der Waals surface area contributed by atoms with Crippen LogP contribution in [0.1, 0.15) is 30.9 Å². The van der Waals surface area contributed by atoms with Crippen molar-refractivity contribution < 1.29 is 5.11 Å². The lowest BCUT2D eigenvalue weighted by atomic mass is 9.86. The van der Waals surface area contributed by atoms with Gasteiger partial charge in [0.1, 0.15) is 5.75 Å². The molecular formula is C12H17NO. The monoisotopic (exact) mass is 191 g/mol. The van der Waals surface area contributed by atoms with Gasteiger partial charge >= 0.3 is 0 Å². The number of rotatable bonds is 2. The largest absolute Gasteiger partial charge is 0.508 e. The molecule has 0 heterocycles. The van der Waals surface area contributed by atoms with Gasteiger partial charge in [-0.15, -0.1) is 0 Å². The van der Waals surface area contributed by atoms with Crippen molar-refractivity contribution in [3.8, 4) is 5.75 Å². The standard InChI is InChI=1S/C12H17NO/c1-8-10(4-3-5-11(8)14)12(6-7-12)9(2)13/h3-5,9,14H,6-7,13H2,1-2H3. The molecule has 0 amide bonds. The normalized spacial score (nSPS) is 20.5. The first-order valence-electron chi connectivity index (χ1n) is 5.12. The summed E-state index contributed by atoms with van der Waals surface area (Å²) in [6.45, 7) is 4.02. The van der Waals surface area contributed by atoms with E-state index in [0.717, 1.165) is 18.4 Å². The molecule has 2 heteroatoms. The average molecular weight is 191 g/mol. The van der Waals surface area contributed by atoms with Crippen LogP contribution >= 0.6 is 0 Å². The van der Waals surface area contributed by atoms with E-state index in [0.29, 0.717) is 5.75 Å².